The van der Waals surface area contributed by atoms with Crippen molar-refractivity contribution < 1.29 is 13.6 Å². The summed E-state index contributed by atoms with van der Waals surface area (Å²) in [6, 6.07) is 6.59. The van der Waals surface area contributed by atoms with Crippen LogP contribution in [0, 0.1) is 17.0 Å². The highest BCUT2D eigenvalue weighted by molar-refractivity contribution is 6.29. The van der Waals surface area contributed by atoms with Gasteiger partial charge in [-0.25, -0.2) is 18.7 Å². The Morgan fingerprint density at radius 2 is 1.88 bits per heavy atom. The van der Waals surface area contributed by atoms with Crippen LogP contribution in [0.3, 0.4) is 0 Å². The lowest BCUT2D eigenvalue weighted by Gasteiger charge is -2.17. The number of pyridine rings is 1. The number of aromatic nitrogens is 3. The quantitative estimate of drug-likeness (QED) is 0.670. The van der Waals surface area contributed by atoms with E-state index in [0.29, 0.717) is 11.2 Å². The molecule has 8 heteroatoms. The van der Waals surface area contributed by atoms with Crippen LogP contribution in [-0.2, 0) is 4.79 Å². The number of hydrogen-bond donors (Lipinski definition) is 1. The molecule has 1 aromatic carbocycles. The van der Waals surface area contributed by atoms with Crippen LogP contribution in [0.4, 0.5) is 14.7 Å². The largest absolute Gasteiger partial charge is 0.296 e. The summed E-state index contributed by atoms with van der Waals surface area (Å²) in [6.07, 6.45) is 0.266. The van der Waals surface area contributed by atoms with E-state index in [4.69, 9.17) is 11.6 Å². The van der Waals surface area contributed by atoms with Gasteiger partial charge in [-0.15, -0.1) is 0 Å². The monoisotopic (exact) mass is 378 g/mol. The number of nitrogens with one attached hydrogen (secondary N) is 1. The number of rotatable bonds is 3. The Morgan fingerprint density at radius 3 is 2.54 bits per heavy atom. The number of benzene rings is 1. The van der Waals surface area contributed by atoms with Gasteiger partial charge in [0.25, 0.3) is 0 Å². The molecule has 0 unspecified atom stereocenters. The third-order valence-electron chi connectivity index (χ3n) is 3.57. The van der Waals surface area contributed by atoms with Crippen LogP contribution in [0.15, 0.2) is 30.3 Å². The molecule has 0 aliphatic rings. The Kier molecular flexibility index (Phi) is 4.66. The minimum absolute atomic E-state index is 0.162. The Hall–Kier alpha value is -2.54. The van der Waals surface area contributed by atoms with E-state index in [1.165, 1.54) is 10.6 Å². The molecule has 0 radical (unpaired) electrons. The third kappa shape index (κ3) is 3.83. The average Bonchev–Trinajstić information content (AvgIpc) is 2.85. The van der Waals surface area contributed by atoms with Crippen molar-refractivity contribution >= 4 is 34.6 Å². The van der Waals surface area contributed by atoms with Gasteiger partial charge in [0.15, 0.2) is 17.3 Å². The number of hydrogen-bond acceptors (Lipinski definition) is 3. The van der Waals surface area contributed by atoms with E-state index in [2.05, 4.69) is 15.3 Å². The molecule has 1 N–H and O–H groups in total. The molecule has 1 amide bonds. The molecule has 3 aromatic rings. The number of fused-ring (bicyclic) bond motifs is 1. The number of halogens is 3. The predicted molar refractivity (Wildman–Crippen MR) is 96.5 cm³/mol. The van der Waals surface area contributed by atoms with Crippen LogP contribution in [0.1, 0.15) is 27.2 Å². The summed E-state index contributed by atoms with van der Waals surface area (Å²) in [6.45, 7) is 5.81. The van der Waals surface area contributed by atoms with E-state index < -0.39 is 11.6 Å². The second-order valence-corrected chi connectivity index (χ2v) is 7.52. The third-order valence-corrected chi connectivity index (χ3v) is 3.78. The van der Waals surface area contributed by atoms with Gasteiger partial charge in [0.2, 0.25) is 11.9 Å². The van der Waals surface area contributed by atoms with Crippen LogP contribution in [0.5, 0.6) is 0 Å². The fourth-order valence-corrected chi connectivity index (χ4v) is 2.68. The van der Waals surface area contributed by atoms with E-state index in [-0.39, 0.29) is 34.5 Å². The molecule has 3 rings (SSSR count). The van der Waals surface area contributed by atoms with Crippen LogP contribution >= 0.6 is 11.6 Å². The molecule has 0 saturated heterocycles. The minimum Gasteiger partial charge on any atom is -0.296 e. The first kappa shape index (κ1) is 18.3. The van der Waals surface area contributed by atoms with Gasteiger partial charge in [-0.1, -0.05) is 32.4 Å². The standard InChI is InChI=1S/C18H17ClF2N4O/c1-18(2,3)9-15(26)24-17-22-13-6-7-14(19)23-16(13)25(17)10-4-5-11(20)12(21)8-10/h4-8H,9H2,1-3H3,(H,22,24,26). The van der Waals surface area contributed by atoms with Gasteiger partial charge in [-0.2, -0.15) is 0 Å². The van der Waals surface area contributed by atoms with Crippen molar-refractivity contribution in [3.05, 3.63) is 47.1 Å². The fraction of sp³-hybridized carbons (Fsp3) is 0.278. The Labute approximate surface area is 154 Å². The normalized spacial score (nSPS) is 11.8. The number of amides is 1. The summed E-state index contributed by atoms with van der Waals surface area (Å²) >= 11 is 5.96. The van der Waals surface area contributed by atoms with Gasteiger partial charge in [-0.05, 0) is 29.7 Å². The lowest BCUT2D eigenvalue weighted by molar-refractivity contribution is -0.117. The maximum Gasteiger partial charge on any atom is 0.227 e. The van der Waals surface area contributed by atoms with E-state index in [1.807, 2.05) is 20.8 Å². The van der Waals surface area contributed by atoms with Crippen molar-refractivity contribution in [1.82, 2.24) is 14.5 Å². The summed E-state index contributed by atoms with van der Waals surface area (Å²) in [4.78, 5) is 20.9. The first-order valence-electron chi connectivity index (χ1n) is 7.94. The van der Waals surface area contributed by atoms with Gasteiger partial charge in [0.1, 0.15) is 10.7 Å². The molecule has 2 aromatic heterocycles. The van der Waals surface area contributed by atoms with E-state index in [1.54, 1.807) is 12.1 Å². The summed E-state index contributed by atoms with van der Waals surface area (Å²) in [7, 11) is 0. The van der Waals surface area contributed by atoms with Gasteiger partial charge in [0, 0.05) is 12.5 Å². The maximum absolute atomic E-state index is 13.7. The van der Waals surface area contributed by atoms with Crippen molar-refractivity contribution in [2.24, 2.45) is 5.41 Å². The fourth-order valence-electron chi connectivity index (χ4n) is 2.54. The Balaban J connectivity index is 2.13. The van der Waals surface area contributed by atoms with Gasteiger partial charge >= 0.3 is 0 Å². The van der Waals surface area contributed by atoms with Crippen molar-refractivity contribution in [1.29, 1.82) is 0 Å². The first-order chi connectivity index (χ1) is 12.1. The number of anilines is 1. The molecule has 136 valence electrons. The second kappa shape index (κ2) is 6.64. The smallest absolute Gasteiger partial charge is 0.227 e. The molecule has 0 aliphatic heterocycles. The number of nitrogens with zero attached hydrogens (tertiary/aromatic N) is 3. The van der Waals surface area contributed by atoms with E-state index in [0.717, 1.165) is 12.1 Å². The van der Waals surface area contributed by atoms with Crippen LogP contribution in [0.2, 0.25) is 5.15 Å². The zero-order valence-corrected chi connectivity index (χ0v) is 15.2. The lowest BCUT2D eigenvalue weighted by Crippen LogP contribution is -2.21. The van der Waals surface area contributed by atoms with Gasteiger partial charge in [-0.3, -0.25) is 14.7 Å². The highest BCUT2D eigenvalue weighted by atomic mass is 35.5. The molecule has 5 nitrogen and oxygen atoms in total. The molecule has 0 fully saturated rings. The van der Waals surface area contributed by atoms with Crippen molar-refractivity contribution in [2.75, 3.05) is 5.32 Å². The summed E-state index contributed by atoms with van der Waals surface area (Å²) in [5.41, 5.74) is 0.844. The number of imidazole rings is 1. The number of carbonyl (C=O) groups excluding carboxylic acids is 1. The van der Waals surface area contributed by atoms with E-state index in [9.17, 15) is 13.6 Å². The van der Waals surface area contributed by atoms with Crippen LogP contribution in [0.25, 0.3) is 16.9 Å². The van der Waals surface area contributed by atoms with Crippen molar-refractivity contribution in [3.8, 4) is 5.69 Å². The van der Waals surface area contributed by atoms with E-state index >= 15 is 0 Å². The summed E-state index contributed by atoms with van der Waals surface area (Å²) in [5.74, 6) is -2.07. The van der Waals surface area contributed by atoms with Gasteiger partial charge in [0.05, 0.1) is 5.69 Å². The molecular formula is C18H17ClF2N4O. The van der Waals surface area contributed by atoms with Gasteiger partial charge < -0.3 is 0 Å². The molecule has 2 heterocycles. The molecule has 0 spiro atoms. The zero-order chi connectivity index (χ0) is 19.1. The first-order valence-corrected chi connectivity index (χ1v) is 8.32. The van der Waals surface area contributed by atoms with Crippen molar-refractivity contribution in [3.63, 3.8) is 0 Å². The van der Waals surface area contributed by atoms with Crippen molar-refractivity contribution in [2.45, 2.75) is 27.2 Å². The van der Waals surface area contributed by atoms with Crippen LogP contribution < -0.4 is 5.32 Å². The minimum atomic E-state index is -1.02. The van der Waals surface area contributed by atoms with Crippen LogP contribution in [-0.4, -0.2) is 20.4 Å². The summed E-state index contributed by atoms with van der Waals surface area (Å²) in [5, 5.41) is 2.94. The average molecular weight is 379 g/mol. The molecule has 0 saturated carbocycles. The molecule has 0 bridgehead atoms. The topological polar surface area (TPSA) is 59.8 Å². The summed E-state index contributed by atoms with van der Waals surface area (Å²) < 4.78 is 28.5. The Morgan fingerprint density at radius 1 is 1.15 bits per heavy atom. The molecule has 0 aliphatic carbocycles. The number of carbonyl (C=O) groups is 1. The Bertz CT molecular complexity index is 995. The highest BCUT2D eigenvalue weighted by Crippen LogP contribution is 2.27. The SMILES string of the molecule is CC(C)(C)CC(=O)Nc1nc2ccc(Cl)nc2n1-c1ccc(F)c(F)c1. The highest BCUT2D eigenvalue weighted by Gasteiger charge is 2.21. The molecule has 26 heavy (non-hydrogen) atoms. The second-order valence-electron chi connectivity index (χ2n) is 7.13. The predicted octanol–water partition coefficient (Wildman–Crippen LogP) is 4.73. The molecular weight excluding hydrogens is 362 g/mol. The lowest BCUT2D eigenvalue weighted by atomic mass is 9.92. The zero-order valence-electron chi connectivity index (χ0n) is 14.5. The molecule has 0 atom stereocenters. The maximum atomic E-state index is 13.7.